The molecule has 0 saturated heterocycles. The molecular weight excluding hydrogens is 342 g/mol. The van der Waals surface area contributed by atoms with Crippen molar-refractivity contribution in [3.63, 3.8) is 0 Å². The van der Waals surface area contributed by atoms with Crippen LogP contribution in [0.5, 0.6) is 23.0 Å². The molecular formula is C19H20ClNO4. The van der Waals surface area contributed by atoms with E-state index >= 15 is 0 Å². The highest BCUT2D eigenvalue weighted by Gasteiger charge is 2.15. The van der Waals surface area contributed by atoms with E-state index in [0.717, 1.165) is 5.56 Å². The Morgan fingerprint density at radius 2 is 1.68 bits per heavy atom. The van der Waals surface area contributed by atoms with Crippen LogP contribution in [0, 0.1) is 6.92 Å². The largest absolute Gasteiger partial charge is 0.504 e. The van der Waals surface area contributed by atoms with E-state index in [1.165, 1.54) is 0 Å². The predicted molar refractivity (Wildman–Crippen MR) is 100 cm³/mol. The minimum absolute atomic E-state index is 0.163. The van der Waals surface area contributed by atoms with Crippen molar-refractivity contribution in [3.8, 4) is 23.0 Å². The van der Waals surface area contributed by atoms with Gasteiger partial charge in [-0.25, -0.2) is 0 Å². The summed E-state index contributed by atoms with van der Waals surface area (Å²) in [6.07, 6.45) is 0. The van der Waals surface area contributed by atoms with Gasteiger partial charge >= 0.3 is 0 Å². The Kier molecular flexibility index (Phi) is 5.93. The highest BCUT2D eigenvalue weighted by Crippen LogP contribution is 2.35. The SMILES string of the molecule is CC.COc1ccc(Oc2c(O)c3cc(C)c(Cl)cc3[nH]c2=O)cc1. The van der Waals surface area contributed by atoms with E-state index in [1.807, 2.05) is 20.8 Å². The molecule has 0 fully saturated rings. The Morgan fingerprint density at radius 1 is 1.08 bits per heavy atom. The average molecular weight is 362 g/mol. The van der Waals surface area contributed by atoms with Gasteiger partial charge in [0.1, 0.15) is 11.5 Å². The summed E-state index contributed by atoms with van der Waals surface area (Å²) in [5, 5.41) is 11.4. The maximum atomic E-state index is 12.2. The Labute approximate surface area is 150 Å². The van der Waals surface area contributed by atoms with E-state index in [-0.39, 0.29) is 11.5 Å². The molecule has 3 aromatic rings. The summed E-state index contributed by atoms with van der Waals surface area (Å²) in [5.41, 5.74) is 0.702. The number of fused-ring (bicyclic) bond motifs is 1. The third-order valence-corrected chi connectivity index (χ3v) is 3.91. The summed E-state index contributed by atoms with van der Waals surface area (Å²) in [6, 6.07) is 10.00. The van der Waals surface area contributed by atoms with Gasteiger partial charge in [0, 0.05) is 10.4 Å². The fourth-order valence-electron chi connectivity index (χ4n) is 2.25. The van der Waals surface area contributed by atoms with Crippen LogP contribution in [-0.4, -0.2) is 17.2 Å². The quantitative estimate of drug-likeness (QED) is 0.686. The second kappa shape index (κ2) is 7.94. The smallest absolute Gasteiger partial charge is 0.295 e. The van der Waals surface area contributed by atoms with Gasteiger partial charge in [-0.3, -0.25) is 4.79 Å². The molecule has 6 heteroatoms. The zero-order valence-electron chi connectivity index (χ0n) is 14.5. The van der Waals surface area contributed by atoms with Crippen molar-refractivity contribution in [2.75, 3.05) is 7.11 Å². The van der Waals surface area contributed by atoms with Crippen molar-refractivity contribution >= 4 is 22.5 Å². The molecule has 2 aromatic carbocycles. The molecule has 3 rings (SSSR count). The van der Waals surface area contributed by atoms with E-state index in [0.29, 0.717) is 27.4 Å². The number of aromatic nitrogens is 1. The van der Waals surface area contributed by atoms with Crippen molar-refractivity contribution in [2.24, 2.45) is 0 Å². The highest BCUT2D eigenvalue weighted by molar-refractivity contribution is 6.32. The molecule has 25 heavy (non-hydrogen) atoms. The molecule has 0 atom stereocenters. The zero-order chi connectivity index (χ0) is 18.6. The van der Waals surface area contributed by atoms with E-state index in [4.69, 9.17) is 21.1 Å². The van der Waals surface area contributed by atoms with Gasteiger partial charge < -0.3 is 19.6 Å². The molecule has 0 aliphatic heterocycles. The third kappa shape index (κ3) is 3.88. The minimum Gasteiger partial charge on any atom is -0.504 e. The topological polar surface area (TPSA) is 71.5 Å². The lowest BCUT2D eigenvalue weighted by Crippen LogP contribution is -2.09. The molecule has 2 N–H and O–H groups in total. The molecule has 0 aliphatic carbocycles. The van der Waals surface area contributed by atoms with E-state index in [1.54, 1.807) is 43.5 Å². The Balaban J connectivity index is 0.00000109. The van der Waals surface area contributed by atoms with Crippen molar-refractivity contribution in [1.82, 2.24) is 4.98 Å². The number of aromatic amines is 1. The van der Waals surface area contributed by atoms with Crippen LogP contribution in [0.2, 0.25) is 5.02 Å². The monoisotopic (exact) mass is 361 g/mol. The second-order valence-corrected chi connectivity index (χ2v) is 5.46. The van der Waals surface area contributed by atoms with Crippen LogP contribution in [0.1, 0.15) is 19.4 Å². The lowest BCUT2D eigenvalue weighted by atomic mass is 10.1. The zero-order valence-corrected chi connectivity index (χ0v) is 15.3. The van der Waals surface area contributed by atoms with Gasteiger partial charge in [0.25, 0.3) is 5.56 Å². The fraction of sp³-hybridized carbons (Fsp3) is 0.211. The first-order chi connectivity index (χ1) is 12.0. The number of halogens is 1. The summed E-state index contributed by atoms with van der Waals surface area (Å²) < 4.78 is 10.6. The normalized spacial score (nSPS) is 10.1. The molecule has 1 heterocycles. The standard InChI is InChI=1S/C17H14ClNO4.C2H6/c1-9-7-12-14(8-13(9)18)19-17(21)16(15(12)20)23-11-5-3-10(22-2)4-6-11;1-2/h3-8H,1-2H3,(H2,19,20,21);1-2H3. The van der Waals surface area contributed by atoms with Crippen LogP contribution in [-0.2, 0) is 0 Å². The number of nitrogens with one attached hydrogen (secondary N) is 1. The van der Waals surface area contributed by atoms with Gasteiger partial charge in [-0.1, -0.05) is 25.4 Å². The number of aryl methyl sites for hydroxylation is 1. The van der Waals surface area contributed by atoms with Crippen molar-refractivity contribution in [3.05, 3.63) is 57.3 Å². The number of benzene rings is 2. The maximum Gasteiger partial charge on any atom is 0.295 e. The first kappa shape index (κ1) is 18.7. The first-order valence-electron chi connectivity index (χ1n) is 7.86. The number of rotatable bonds is 3. The molecule has 0 bridgehead atoms. The Bertz CT molecular complexity index is 933. The average Bonchev–Trinajstić information content (AvgIpc) is 2.63. The lowest BCUT2D eigenvalue weighted by molar-refractivity contribution is 0.404. The summed E-state index contributed by atoms with van der Waals surface area (Å²) in [5.74, 6) is 0.694. The summed E-state index contributed by atoms with van der Waals surface area (Å²) in [6.45, 7) is 5.82. The van der Waals surface area contributed by atoms with Crippen molar-refractivity contribution < 1.29 is 14.6 Å². The summed E-state index contributed by atoms with van der Waals surface area (Å²) in [4.78, 5) is 14.8. The third-order valence-electron chi connectivity index (χ3n) is 3.50. The molecule has 132 valence electrons. The fourth-order valence-corrected chi connectivity index (χ4v) is 2.41. The Hall–Kier alpha value is -2.66. The maximum absolute atomic E-state index is 12.2. The van der Waals surface area contributed by atoms with Gasteiger partial charge in [-0.15, -0.1) is 0 Å². The van der Waals surface area contributed by atoms with Crippen molar-refractivity contribution in [2.45, 2.75) is 20.8 Å². The second-order valence-electron chi connectivity index (χ2n) is 5.06. The van der Waals surface area contributed by atoms with Crippen LogP contribution in [0.15, 0.2) is 41.2 Å². The minimum atomic E-state index is -0.536. The number of ether oxygens (including phenoxy) is 2. The number of hydrogen-bond acceptors (Lipinski definition) is 4. The number of pyridine rings is 1. The van der Waals surface area contributed by atoms with Crippen molar-refractivity contribution in [1.29, 1.82) is 0 Å². The molecule has 0 spiro atoms. The van der Waals surface area contributed by atoms with Gasteiger partial charge in [0.2, 0.25) is 5.75 Å². The number of H-pyrrole nitrogens is 1. The lowest BCUT2D eigenvalue weighted by Gasteiger charge is -2.10. The molecule has 1 aromatic heterocycles. The van der Waals surface area contributed by atoms with Gasteiger partial charge in [-0.2, -0.15) is 0 Å². The van der Waals surface area contributed by atoms with Crippen LogP contribution in [0.3, 0.4) is 0 Å². The number of methoxy groups -OCH3 is 1. The highest BCUT2D eigenvalue weighted by atomic mass is 35.5. The molecule has 0 radical (unpaired) electrons. The van der Waals surface area contributed by atoms with E-state index < -0.39 is 5.56 Å². The molecule has 0 aliphatic rings. The predicted octanol–water partition coefficient (Wildman–Crippen LogP) is 5.02. The molecule has 5 nitrogen and oxygen atoms in total. The van der Waals surface area contributed by atoms with Crippen LogP contribution < -0.4 is 15.0 Å². The molecule has 0 saturated carbocycles. The first-order valence-corrected chi connectivity index (χ1v) is 8.24. The van der Waals surface area contributed by atoms with E-state index in [9.17, 15) is 9.90 Å². The molecule has 0 amide bonds. The van der Waals surface area contributed by atoms with Gasteiger partial charge in [0.15, 0.2) is 5.75 Å². The molecule has 0 unspecified atom stereocenters. The van der Waals surface area contributed by atoms with Gasteiger partial charge in [0.05, 0.1) is 12.6 Å². The number of hydrogen-bond donors (Lipinski definition) is 2. The number of aromatic hydroxyl groups is 1. The van der Waals surface area contributed by atoms with Crippen LogP contribution in [0.4, 0.5) is 0 Å². The van der Waals surface area contributed by atoms with Crippen LogP contribution in [0.25, 0.3) is 10.9 Å². The summed E-state index contributed by atoms with van der Waals surface area (Å²) >= 11 is 6.04. The van der Waals surface area contributed by atoms with Crippen LogP contribution >= 0.6 is 11.6 Å². The van der Waals surface area contributed by atoms with Gasteiger partial charge in [-0.05, 0) is 48.9 Å². The Morgan fingerprint density at radius 3 is 2.28 bits per heavy atom. The van der Waals surface area contributed by atoms with E-state index in [2.05, 4.69) is 4.98 Å². The summed E-state index contributed by atoms with van der Waals surface area (Å²) in [7, 11) is 1.56.